The third kappa shape index (κ3) is 2.50. The van der Waals surface area contributed by atoms with Crippen LogP contribution in [0.2, 0.25) is 0 Å². The van der Waals surface area contributed by atoms with E-state index in [4.69, 9.17) is 5.73 Å². The molecule has 16 heavy (non-hydrogen) atoms. The second kappa shape index (κ2) is 5.25. The van der Waals surface area contributed by atoms with Gasteiger partial charge in [-0.2, -0.15) is 0 Å². The Labute approximate surface area is 96.7 Å². The number of anilines is 1. The molecule has 3 N–H and O–H groups in total. The fourth-order valence-electron chi connectivity index (χ4n) is 2.03. The standard InChI is InChI=1S/C12H20N4/c1-9(6-13)7-14-12-10-4-2-3-5-11(10)15-8-16-12/h8-9H,2-7,13H2,1H3,(H,14,15,16). The average Bonchev–Trinajstić information content (AvgIpc) is 2.35. The van der Waals surface area contributed by atoms with Gasteiger partial charge in [0.25, 0.3) is 0 Å². The summed E-state index contributed by atoms with van der Waals surface area (Å²) in [6.07, 6.45) is 6.37. The first-order valence-corrected chi connectivity index (χ1v) is 6.08. The molecule has 0 saturated carbocycles. The van der Waals surface area contributed by atoms with Crippen molar-refractivity contribution in [1.29, 1.82) is 0 Å². The van der Waals surface area contributed by atoms with E-state index in [1.807, 2.05) is 0 Å². The Morgan fingerprint density at radius 2 is 2.19 bits per heavy atom. The van der Waals surface area contributed by atoms with Crippen LogP contribution in [-0.4, -0.2) is 23.1 Å². The Morgan fingerprint density at radius 3 is 3.00 bits per heavy atom. The number of hydrogen-bond acceptors (Lipinski definition) is 4. The molecule has 0 amide bonds. The number of rotatable bonds is 4. The molecular weight excluding hydrogens is 200 g/mol. The summed E-state index contributed by atoms with van der Waals surface area (Å²) in [5.74, 6) is 1.50. The smallest absolute Gasteiger partial charge is 0.132 e. The summed E-state index contributed by atoms with van der Waals surface area (Å²) in [6.45, 7) is 3.74. The highest BCUT2D eigenvalue weighted by molar-refractivity contribution is 5.46. The lowest BCUT2D eigenvalue weighted by molar-refractivity contribution is 0.622. The van der Waals surface area contributed by atoms with Crippen molar-refractivity contribution in [2.24, 2.45) is 11.7 Å². The Morgan fingerprint density at radius 1 is 1.38 bits per heavy atom. The van der Waals surface area contributed by atoms with E-state index in [2.05, 4.69) is 22.2 Å². The fraction of sp³-hybridized carbons (Fsp3) is 0.667. The van der Waals surface area contributed by atoms with Gasteiger partial charge in [-0.3, -0.25) is 0 Å². The van der Waals surface area contributed by atoms with Crippen molar-refractivity contribution in [2.45, 2.75) is 32.6 Å². The van der Waals surface area contributed by atoms with Gasteiger partial charge in [-0.25, -0.2) is 9.97 Å². The third-order valence-electron chi connectivity index (χ3n) is 3.15. The lowest BCUT2D eigenvalue weighted by Crippen LogP contribution is -2.21. The lowest BCUT2D eigenvalue weighted by Gasteiger charge is -2.19. The topological polar surface area (TPSA) is 63.8 Å². The summed E-state index contributed by atoms with van der Waals surface area (Å²) in [4.78, 5) is 8.69. The minimum atomic E-state index is 0.481. The number of nitrogens with zero attached hydrogens (tertiary/aromatic N) is 2. The van der Waals surface area contributed by atoms with Crippen molar-refractivity contribution < 1.29 is 0 Å². The highest BCUT2D eigenvalue weighted by atomic mass is 15.0. The summed E-state index contributed by atoms with van der Waals surface area (Å²) in [5, 5.41) is 3.39. The molecule has 0 radical (unpaired) electrons. The van der Waals surface area contributed by atoms with Gasteiger partial charge < -0.3 is 11.1 Å². The SMILES string of the molecule is CC(CN)CNc1ncnc2c1CCCC2. The summed E-state index contributed by atoms with van der Waals surface area (Å²) in [7, 11) is 0. The van der Waals surface area contributed by atoms with Gasteiger partial charge in [0.1, 0.15) is 12.1 Å². The van der Waals surface area contributed by atoms with E-state index < -0.39 is 0 Å². The van der Waals surface area contributed by atoms with Crippen LogP contribution in [0.4, 0.5) is 5.82 Å². The molecule has 0 bridgehead atoms. The van der Waals surface area contributed by atoms with Crippen LogP contribution in [0.25, 0.3) is 0 Å². The Kier molecular flexibility index (Phi) is 3.72. The van der Waals surface area contributed by atoms with Gasteiger partial charge in [-0.05, 0) is 38.1 Å². The number of fused-ring (bicyclic) bond motifs is 1. The van der Waals surface area contributed by atoms with Crippen molar-refractivity contribution in [3.05, 3.63) is 17.6 Å². The number of nitrogens with one attached hydrogen (secondary N) is 1. The monoisotopic (exact) mass is 220 g/mol. The normalized spacial score (nSPS) is 16.6. The molecule has 0 fully saturated rings. The quantitative estimate of drug-likeness (QED) is 0.804. The van der Waals surface area contributed by atoms with Gasteiger partial charge in [-0.15, -0.1) is 0 Å². The Bertz CT molecular complexity index is 351. The first-order chi connectivity index (χ1) is 7.81. The van der Waals surface area contributed by atoms with Crippen LogP contribution in [-0.2, 0) is 12.8 Å². The zero-order chi connectivity index (χ0) is 11.4. The molecule has 1 unspecified atom stereocenters. The van der Waals surface area contributed by atoms with E-state index >= 15 is 0 Å². The minimum absolute atomic E-state index is 0.481. The Balaban J connectivity index is 2.08. The highest BCUT2D eigenvalue weighted by Gasteiger charge is 2.15. The van der Waals surface area contributed by atoms with Crippen LogP contribution in [0.1, 0.15) is 31.0 Å². The van der Waals surface area contributed by atoms with Crippen molar-refractivity contribution in [2.75, 3.05) is 18.4 Å². The van der Waals surface area contributed by atoms with Crippen LogP contribution in [0.15, 0.2) is 6.33 Å². The van der Waals surface area contributed by atoms with Gasteiger partial charge in [0.05, 0.1) is 0 Å². The number of hydrogen-bond donors (Lipinski definition) is 2. The largest absolute Gasteiger partial charge is 0.369 e. The van der Waals surface area contributed by atoms with Gasteiger partial charge in [-0.1, -0.05) is 6.92 Å². The molecule has 0 saturated heterocycles. The van der Waals surface area contributed by atoms with E-state index in [1.54, 1.807) is 6.33 Å². The van der Waals surface area contributed by atoms with Crippen molar-refractivity contribution in [1.82, 2.24) is 9.97 Å². The summed E-state index contributed by atoms with van der Waals surface area (Å²) < 4.78 is 0. The molecular formula is C12H20N4. The second-order valence-electron chi connectivity index (χ2n) is 4.58. The van der Waals surface area contributed by atoms with E-state index in [9.17, 15) is 0 Å². The predicted molar refractivity (Wildman–Crippen MR) is 65.4 cm³/mol. The van der Waals surface area contributed by atoms with Gasteiger partial charge in [0.2, 0.25) is 0 Å². The van der Waals surface area contributed by atoms with Crippen LogP contribution in [0.3, 0.4) is 0 Å². The second-order valence-corrected chi connectivity index (χ2v) is 4.58. The minimum Gasteiger partial charge on any atom is -0.369 e. The van der Waals surface area contributed by atoms with Crippen LogP contribution in [0, 0.1) is 5.92 Å². The molecule has 1 aliphatic rings. The molecule has 4 nitrogen and oxygen atoms in total. The first kappa shape index (κ1) is 11.3. The molecule has 0 aromatic carbocycles. The maximum atomic E-state index is 5.60. The predicted octanol–water partition coefficient (Wildman–Crippen LogP) is 1.36. The van der Waals surface area contributed by atoms with Crippen molar-refractivity contribution in [3.63, 3.8) is 0 Å². The van der Waals surface area contributed by atoms with Crippen LogP contribution in [0.5, 0.6) is 0 Å². The molecule has 0 spiro atoms. The Hall–Kier alpha value is -1.16. The summed E-state index contributed by atoms with van der Waals surface area (Å²) >= 11 is 0. The van der Waals surface area contributed by atoms with Gasteiger partial charge in [0.15, 0.2) is 0 Å². The molecule has 2 rings (SSSR count). The number of aromatic nitrogens is 2. The van der Waals surface area contributed by atoms with E-state index in [-0.39, 0.29) is 0 Å². The van der Waals surface area contributed by atoms with Crippen molar-refractivity contribution in [3.8, 4) is 0 Å². The molecule has 0 aliphatic heterocycles. The highest BCUT2D eigenvalue weighted by Crippen LogP contribution is 2.24. The molecule has 1 atom stereocenters. The zero-order valence-electron chi connectivity index (χ0n) is 9.87. The maximum absolute atomic E-state index is 5.60. The first-order valence-electron chi connectivity index (χ1n) is 6.08. The van der Waals surface area contributed by atoms with E-state index in [0.29, 0.717) is 12.5 Å². The maximum Gasteiger partial charge on any atom is 0.132 e. The molecule has 1 heterocycles. The average molecular weight is 220 g/mol. The molecule has 1 aromatic rings. The molecule has 88 valence electrons. The zero-order valence-corrected chi connectivity index (χ0v) is 9.87. The summed E-state index contributed by atoms with van der Waals surface area (Å²) in [5.41, 5.74) is 8.14. The van der Waals surface area contributed by atoms with Crippen LogP contribution >= 0.6 is 0 Å². The molecule has 1 aromatic heterocycles. The van der Waals surface area contributed by atoms with E-state index in [0.717, 1.165) is 25.2 Å². The third-order valence-corrected chi connectivity index (χ3v) is 3.15. The summed E-state index contributed by atoms with van der Waals surface area (Å²) in [6, 6.07) is 0. The molecule has 1 aliphatic carbocycles. The number of aryl methyl sites for hydroxylation is 1. The van der Waals surface area contributed by atoms with Gasteiger partial charge >= 0.3 is 0 Å². The van der Waals surface area contributed by atoms with Gasteiger partial charge in [0, 0.05) is 17.8 Å². The van der Waals surface area contributed by atoms with E-state index in [1.165, 1.54) is 24.1 Å². The lowest BCUT2D eigenvalue weighted by atomic mass is 9.96. The fourth-order valence-corrected chi connectivity index (χ4v) is 2.03. The molecule has 4 heteroatoms. The number of nitrogens with two attached hydrogens (primary N) is 1. The van der Waals surface area contributed by atoms with Crippen LogP contribution < -0.4 is 11.1 Å². The van der Waals surface area contributed by atoms with Crippen molar-refractivity contribution >= 4 is 5.82 Å².